The van der Waals surface area contributed by atoms with Crippen LogP contribution in [0.3, 0.4) is 0 Å². The minimum atomic E-state index is -4.11. The molecule has 0 saturated heterocycles. The monoisotopic (exact) mass is 664 g/mol. The molecule has 0 aromatic carbocycles. The molecule has 6 nitrogen and oxygen atoms in total. The molecule has 3 aliphatic heterocycles. The number of carbonyl (C=O) groups is 3. The maximum atomic E-state index is 12.5. The fourth-order valence-electron chi connectivity index (χ4n) is 2.26. The van der Waals surface area contributed by atoms with E-state index in [1.54, 1.807) is 0 Å². The Morgan fingerprint density at radius 1 is 0.500 bits per heavy atom. The van der Waals surface area contributed by atoms with E-state index in [4.69, 9.17) is 8.56 Å². The molecule has 138 valence electrons. The summed E-state index contributed by atoms with van der Waals surface area (Å²) >= 11 is -11.2. The normalized spacial score (nSPS) is 16.1. The van der Waals surface area contributed by atoms with Gasteiger partial charge in [-0.2, -0.15) is 0 Å². The van der Waals surface area contributed by atoms with Gasteiger partial charge in [-0.1, -0.05) is 0 Å². The zero-order valence-electron chi connectivity index (χ0n) is 14.7. The van der Waals surface area contributed by atoms with Crippen LogP contribution in [0.4, 0.5) is 14.4 Å². The SMILES string of the molecule is O=[C]([O][In]([O][C](=O)[Ge]1=[CH]C=CC=[CH]1)[O][C](=O)[Ge]1=[CH]C=CC=[CH]1)[Ge]1=[CH]C=CC=[CH]1. The van der Waals surface area contributed by atoms with Gasteiger partial charge in [-0.25, -0.2) is 0 Å². The summed E-state index contributed by atoms with van der Waals surface area (Å²) in [6.45, 7) is 0. The number of allylic oxidation sites excluding steroid dienone is 9. The van der Waals surface area contributed by atoms with Gasteiger partial charge in [0.1, 0.15) is 0 Å². The third kappa shape index (κ3) is 6.50. The van der Waals surface area contributed by atoms with Crippen LogP contribution < -0.4 is 0 Å². The molecule has 3 heterocycles. The molecular formula is C18H15Ge3InO6. The molecule has 0 atom stereocenters. The topological polar surface area (TPSA) is 78.9 Å². The average molecular weight is 660 g/mol. The second kappa shape index (κ2) is 11.2. The molecule has 0 fully saturated rings. The first-order valence-electron chi connectivity index (χ1n) is 8.41. The zero-order chi connectivity index (χ0) is 19.8. The van der Waals surface area contributed by atoms with Crippen LogP contribution in [0, 0.1) is 0 Å². The van der Waals surface area contributed by atoms with Crippen LogP contribution in [0.2, 0.25) is 0 Å². The summed E-state index contributed by atoms with van der Waals surface area (Å²) in [5.74, 6) is 0. The predicted molar refractivity (Wildman–Crippen MR) is 115 cm³/mol. The Bertz CT molecular complexity index is 842. The minimum absolute atomic E-state index is 0.400. The van der Waals surface area contributed by atoms with Crippen molar-refractivity contribution in [3.05, 3.63) is 69.4 Å². The van der Waals surface area contributed by atoms with E-state index in [0.717, 1.165) is 0 Å². The first-order chi connectivity index (χ1) is 13.6. The Balaban J connectivity index is 1.72. The molecule has 3 rings (SSSR count). The second-order valence-corrected chi connectivity index (χ2v) is 21.8. The zero-order valence-corrected chi connectivity index (χ0v) is 24.3. The van der Waals surface area contributed by atoms with E-state index in [9.17, 15) is 14.4 Å². The molecule has 0 bridgehead atoms. The van der Waals surface area contributed by atoms with E-state index in [0.29, 0.717) is 0 Å². The van der Waals surface area contributed by atoms with Crippen molar-refractivity contribution in [1.29, 1.82) is 0 Å². The van der Waals surface area contributed by atoms with E-state index < -0.39 is 78.9 Å². The Hall–Kier alpha value is -1.04. The van der Waals surface area contributed by atoms with Crippen molar-refractivity contribution in [1.82, 2.24) is 0 Å². The molecule has 0 amide bonds. The molecule has 0 saturated carbocycles. The van der Waals surface area contributed by atoms with Crippen molar-refractivity contribution in [3.8, 4) is 0 Å². The van der Waals surface area contributed by atoms with Crippen LogP contribution in [0.15, 0.2) is 69.4 Å². The summed E-state index contributed by atoms with van der Waals surface area (Å²) < 4.78 is 16.5. The molecule has 0 aromatic rings. The van der Waals surface area contributed by atoms with E-state index in [1.807, 2.05) is 84.0 Å². The van der Waals surface area contributed by atoms with E-state index >= 15 is 0 Å². The summed E-state index contributed by atoms with van der Waals surface area (Å²) in [5.41, 5.74) is 0. The van der Waals surface area contributed by atoms with Crippen LogP contribution in [-0.2, 0) is 8.56 Å². The molecule has 3 aliphatic rings. The van der Waals surface area contributed by atoms with Crippen LogP contribution in [0.25, 0.3) is 0 Å². The molecule has 0 spiro atoms. The Morgan fingerprint density at radius 2 is 0.821 bits per heavy atom. The van der Waals surface area contributed by atoms with Crippen molar-refractivity contribution in [2.45, 2.75) is 0 Å². The van der Waals surface area contributed by atoms with Crippen molar-refractivity contribution in [2.24, 2.45) is 0 Å². The van der Waals surface area contributed by atoms with Gasteiger partial charge < -0.3 is 0 Å². The number of carbonyl (C=O) groups excluding carboxylic acids is 3. The molecule has 0 radical (unpaired) electrons. The van der Waals surface area contributed by atoms with Gasteiger partial charge in [0.15, 0.2) is 0 Å². The van der Waals surface area contributed by atoms with Crippen LogP contribution in [0.5, 0.6) is 0 Å². The molecule has 0 unspecified atom stereocenters. The second-order valence-electron chi connectivity index (χ2n) is 5.60. The molecule has 10 heteroatoms. The molecule has 0 aromatic heterocycles. The number of hydrogen-bond acceptors (Lipinski definition) is 6. The van der Waals surface area contributed by atoms with E-state index in [-0.39, 0.29) is 0 Å². The summed E-state index contributed by atoms with van der Waals surface area (Å²) in [6, 6.07) is 0. The molecule has 0 N–H and O–H groups in total. The fourth-order valence-corrected chi connectivity index (χ4v) is 21.6. The van der Waals surface area contributed by atoms with Gasteiger partial charge in [-0.15, -0.1) is 0 Å². The maximum absolute atomic E-state index is 12.5. The van der Waals surface area contributed by atoms with Crippen molar-refractivity contribution >= 4 is 93.4 Å². The summed E-state index contributed by atoms with van der Waals surface area (Å²) in [5, 5.41) is 0. The summed E-state index contributed by atoms with van der Waals surface area (Å²) in [7, 11) is 0. The van der Waals surface area contributed by atoms with E-state index in [2.05, 4.69) is 0 Å². The Kier molecular flexibility index (Phi) is 8.68. The van der Waals surface area contributed by atoms with Crippen molar-refractivity contribution in [3.63, 3.8) is 0 Å². The third-order valence-electron chi connectivity index (χ3n) is 3.64. The van der Waals surface area contributed by atoms with Crippen LogP contribution >= 0.6 is 0 Å². The first kappa shape index (κ1) is 21.7. The van der Waals surface area contributed by atoms with Gasteiger partial charge in [0.2, 0.25) is 0 Å². The molecule has 28 heavy (non-hydrogen) atoms. The molecule has 0 aliphatic carbocycles. The van der Waals surface area contributed by atoms with E-state index in [1.165, 1.54) is 0 Å². The predicted octanol–water partition coefficient (Wildman–Crippen LogP) is 1.76. The van der Waals surface area contributed by atoms with Gasteiger partial charge in [-0.3, -0.25) is 0 Å². The Morgan fingerprint density at radius 3 is 1.07 bits per heavy atom. The third-order valence-corrected chi connectivity index (χ3v) is 22.0. The number of rotatable bonds is 6. The standard InChI is InChI=1S/3C6H6GeO2.In/c3*8-6(9)7-4-2-1-3-5-7;/h3*1-5H,(H,8,9);/q;;;+3/p-3. The summed E-state index contributed by atoms with van der Waals surface area (Å²) in [6.07, 6.45) is 16.4. The van der Waals surface area contributed by atoms with Crippen molar-refractivity contribution < 1.29 is 22.9 Å². The van der Waals surface area contributed by atoms with Gasteiger partial charge in [0.25, 0.3) is 0 Å². The van der Waals surface area contributed by atoms with Gasteiger partial charge in [-0.05, 0) is 0 Å². The number of hydrogen-bond donors (Lipinski definition) is 0. The fraction of sp³-hybridized carbons (Fsp3) is 0. The first-order valence-corrected chi connectivity index (χ1v) is 22.9. The van der Waals surface area contributed by atoms with Crippen molar-refractivity contribution in [2.75, 3.05) is 0 Å². The van der Waals surface area contributed by atoms with Crippen LogP contribution in [0.1, 0.15) is 0 Å². The van der Waals surface area contributed by atoms with Crippen LogP contribution in [-0.4, -0.2) is 93.4 Å². The summed E-state index contributed by atoms with van der Waals surface area (Å²) in [4.78, 5) is 47.3. The van der Waals surface area contributed by atoms with Gasteiger partial charge in [0, 0.05) is 0 Å². The average Bonchev–Trinajstić information content (AvgIpc) is 2.75. The Labute approximate surface area is 184 Å². The van der Waals surface area contributed by atoms with Gasteiger partial charge >= 0.3 is 186 Å². The molecular weight excluding hydrogens is 645 g/mol. The quantitative estimate of drug-likeness (QED) is 0.405. The van der Waals surface area contributed by atoms with Gasteiger partial charge in [0.05, 0.1) is 0 Å².